The van der Waals surface area contributed by atoms with Crippen molar-refractivity contribution in [3.8, 4) is 5.88 Å². The number of ether oxygens (including phenoxy) is 1. The Kier molecular flexibility index (Phi) is 4.57. The average molecular weight is 371 g/mol. The van der Waals surface area contributed by atoms with E-state index in [4.69, 9.17) is 4.74 Å². The second kappa shape index (κ2) is 7.36. The summed E-state index contributed by atoms with van der Waals surface area (Å²) in [5.74, 6) is 1.96. The number of pyridine rings is 2. The molecule has 0 radical (unpaired) electrons. The van der Waals surface area contributed by atoms with Crippen LogP contribution in [-0.4, -0.2) is 34.0 Å². The number of aromatic nitrogens is 2. The SMILES string of the molecule is C=C[C@H]1CN2CC[C@H]1C[C@H]2[C@H](Oc1ccccn1)c1ccnc2ccccc12. The van der Waals surface area contributed by atoms with Gasteiger partial charge in [0.1, 0.15) is 6.10 Å². The molecule has 0 amide bonds. The number of para-hydroxylation sites is 1. The summed E-state index contributed by atoms with van der Waals surface area (Å²) >= 11 is 0. The van der Waals surface area contributed by atoms with E-state index in [-0.39, 0.29) is 6.10 Å². The van der Waals surface area contributed by atoms with E-state index in [1.54, 1.807) is 6.20 Å². The van der Waals surface area contributed by atoms with Crippen LogP contribution in [0.1, 0.15) is 24.5 Å². The molecule has 0 N–H and O–H groups in total. The second-order valence-corrected chi connectivity index (χ2v) is 7.87. The van der Waals surface area contributed by atoms with Crippen LogP contribution >= 0.6 is 0 Å². The Morgan fingerprint density at radius 1 is 1.07 bits per heavy atom. The van der Waals surface area contributed by atoms with Crippen LogP contribution in [0.25, 0.3) is 10.9 Å². The molecule has 1 aromatic carbocycles. The highest BCUT2D eigenvalue weighted by atomic mass is 16.5. The summed E-state index contributed by atoms with van der Waals surface area (Å²) < 4.78 is 6.56. The van der Waals surface area contributed by atoms with Gasteiger partial charge in [-0.15, -0.1) is 6.58 Å². The van der Waals surface area contributed by atoms with Gasteiger partial charge in [0, 0.05) is 36.0 Å². The fraction of sp³-hybridized carbons (Fsp3) is 0.333. The van der Waals surface area contributed by atoms with Crippen molar-refractivity contribution in [3.63, 3.8) is 0 Å². The summed E-state index contributed by atoms with van der Waals surface area (Å²) in [5, 5.41) is 1.16. The molecule has 2 aromatic heterocycles. The lowest BCUT2D eigenvalue weighted by atomic mass is 9.73. The van der Waals surface area contributed by atoms with Crippen LogP contribution in [-0.2, 0) is 0 Å². The summed E-state index contributed by atoms with van der Waals surface area (Å²) in [6.45, 7) is 6.27. The lowest BCUT2D eigenvalue weighted by molar-refractivity contribution is -0.0368. The van der Waals surface area contributed by atoms with Crippen LogP contribution in [0.2, 0.25) is 0 Å². The maximum absolute atomic E-state index is 6.56. The van der Waals surface area contributed by atoms with E-state index in [0.717, 1.165) is 30.4 Å². The molecular weight excluding hydrogens is 346 g/mol. The Balaban J connectivity index is 1.57. The molecule has 1 unspecified atom stereocenters. The van der Waals surface area contributed by atoms with Gasteiger partial charge in [-0.1, -0.05) is 30.3 Å². The van der Waals surface area contributed by atoms with Crippen molar-refractivity contribution >= 4 is 10.9 Å². The predicted molar refractivity (Wildman–Crippen MR) is 111 cm³/mol. The van der Waals surface area contributed by atoms with Gasteiger partial charge in [0.05, 0.1) is 11.6 Å². The highest BCUT2D eigenvalue weighted by molar-refractivity contribution is 5.82. The van der Waals surface area contributed by atoms with Crippen molar-refractivity contribution in [1.29, 1.82) is 0 Å². The maximum atomic E-state index is 6.56. The quantitative estimate of drug-likeness (QED) is 0.612. The predicted octanol–water partition coefficient (Wildman–Crippen LogP) is 4.65. The molecule has 4 nitrogen and oxygen atoms in total. The molecule has 142 valence electrons. The molecule has 5 heterocycles. The molecule has 2 bridgehead atoms. The lowest BCUT2D eigenvalue weighted by Crippen LogP contribution is -2.55. The minimum atomic E-state index is -0.0728. The van der Waals surface area contributed by atoms with Crippen LogP contribution in [0, 0.1) is 11.8 Å². The first-order chi connectivity index (χ1) is 13.8. The Morgan fingerprint density at radius 3 is 2.75 bits per heavy atom. The van der Waals surface area contributed by atoms with Gasteiger partial charge < -0.3 is 4.74 Å². The molecule has 3 aromatic rings. The standard InChI is InChI=1S/C24H25N3O/c1-2-17-16-27-14-11-18(17)15-22(27)24(28-23-9-5-6-12-26-23)20-10-13-25-21-8-4-3-7-19(20)21/h2-10,12-13,17-18,22,24H,1,11,14-16H2/t17-,18-,22-,24+/m0/s1. The van der Waals surface area contributed by atoms with Crippen LogP contribution in [0.3, 0.4) is 0 Å². The molecule has 4 heteroatoms. The number of benzene rings is 1. The first kappa shape index (κ1) is 17.4. The van der Waals surface area contributed by atoms with Gasteiger partial charge in [-0.2, -0.15) is 0 Å². The zero-order valence-corrected chi connectivity index (χ0v) is 15.9. The molecular formula is C24H25N3O. The van der Waals surface area contributed by atoms with Gasteiger partial charge in [0.2, 0.25) is 5.88 Å². The van der Waals surface area contributed by atoms with Crippen molar-refractivity contribution < 1.29 is 4.74 Å². The van der Waals surface area contributed by atoms with E-state index >= 15 is 0 Å². The Labute approximate surface area is 165 Å². The van der Waals surface area contributed by atoms with Crippen molar-refractivity contribution in [2.45, 2.75) is 25.0 Å². The minimum Gasteiger partial charge on any atom is -0.468 e. The third kappa shape index (κ3) is 3.08. The number of hydrogen-bond donors (Lipinski definition) is 0. The van der Waals surface area contributed by atoms with Gasteiger partial charge in [-0.25, -0.2) is 4.98 Å². The smallest absolute Gasteiger partial charge is 0.213 e. The zero-order valence-electron chi connectivity index (χ0n) is 15.9. The summed E-state index contributed by atoms with van der Waals surface area (Å²) in [7, 11) is 0. The monoisotopic (exact) mass is 371 g/mol. The van der Waals surface area contributed by atoms with Gasteiger partial charge in [-0.05, 0) is 49.4 Å². The van der Waals surface area contributed by atoms with E-state index in [0.29, 0.717) is 23.8 Å². The Morgan fingerprint density at radius 2 is 1.96 bits per heavy atom. The summed E-state index contributed by atoms with van der Waals surface area (Å²) in [4.78, 5) is 11.6. The molecule has 0 aliphatic carbocycles. The minimum absolute atomic E-state index is 0.0728. The topological polar surface area (TPSA) is 38.2 Å². The molecule has 6 rings (SSSR count). The first-order valence-corrected chi connectivity index (χ1v) is 10.1. The molecule has 3 saturated heterocycles. The van der Waals surface area contributed by atoms with Gasteiger partial charge in [-0.3, -0.25) is 9.88 Å². The largest absolute Gasteiger partial charge is 0.468 e. The van der Waals surface area contributed by atoms with Gasteiger partial charge in [0.15, 0.2) is 0 Å². The third-order valence-electron chi connectivity index (χ3n) is 6.38. The summed E-state index contributed by atoms with van der Waals surface area (Å²) in [6, 6.07) is 16.6. The maximum Gasteiger partial charge on any atom is 0.213 e. The summed E-state index contributed by atoms with van der Waals surface area (Å²) in [6.07, 6.45) is 8.14. The van der Waals surface area contributed by atoms with E-state index in [1.807, 2.05) is 30.5 Å². The number of fused-ring (bicyclic) bond motifs is 4. The fourth-order valence-electron chi connectivity index (χ4n) is 4.95. The van der Waals surface area contributed by atoms with E-state index in [1.165, 1.54) is 12.0 Å². The van der Waals surface area contributed by atoms with Crippen molar-refractivity contribution in [2.24, 2.45) is 11.8 Å². The zero-order chi connectivity index (χ0) is 18.9. The molecule has 3 aliphatic rings. The molecule has 0 spiro atoms. The van der Waals surface area contributed by atoms with Crippen LogP contribution < -0.4 is 4.74 Å². The number of hydrogen-bond acceptors (Lipinski definition) is 4. The van der Waals surface area contributed by atoms with E-state index in [2.05, 4.69) is 51.8 Å². The van der Waals surface area contributed by atoms with Gasteiger partial charge in [0.25, 0.3) is 0 Å². The second-order valence-electron chi connectivity index (χ2n) is 7.87. The van der Waals surface area contributed by atoms with Crippen LogP contribution in [0.5, 0.6) is 5.88 Å². The van der Waals surface area contributed by atoms with Crippen molar-refractivity contribution in [1.82, 2.24) is 14.9 Å². The molecule has 3 aliphatic heterocycles. The van der Waals surface area contributed by atoms with Crippen LogP contribution in [0.15, 0.2) is 73.6 Å². The highest BCUT2D eigenvalue weighted by Gasteiger charge is 2.43. The van der Waals surface area contributed by atoms with E-state index in [9.17, 15) is 0 Å². The fourth-order valence-corrected chi connectivity index (χ4v) is 4.95. The summed E-state index contributed by atoms with van der Waals surface area (Å²) in [5.41, 5.74) is 2.21. The highest BCUT2D eigenvalue weighted by Crippen LogP contribution is 2.43. The molecule has 3 fully saturated rings. The third-order valence-corrected chi connectivity index (χ3v) is 6.38. The average Bonchev–Trinajstić information content (AvgIpc) is 2.78. The number of nitrogens with zero attached hydrogens (tertiary/aromatic N) is 3. The van der Waals surface area contributed by atoms with Gasteiger partial charge >= 0.3 is 0 Å². The number of piperidine rings is 3. The lowest BCUT2D eigenvalue weighted by Gasteiger charge is -2.51. The van der Waals surface area contributed by atoms with Crippen molar-refractivity contribution in [2.75, 3.05) is 13.1 Å². The normalized spacial score (nSPS) is 27.4. The number of rotatable bonds is 5. The Hall–Kier alpha value is -2.72. The van der Waals surface area contributed by atoms with E-state index < -0.39 is 0 Å². The molecule has 0 saturated carbocycles. The molecule has 5 atom stereocenters. The molecule has 28 heavy (non-hydrogen) atoms. The first-order valence-electron chi connectivity index (χ1n) is 10.1. The van der Waals surface area contributed by atoms with Crippen molar-refractivity contribution in [3.05, 3.63) is 79.1 Å². The Bertz CT molecular complexity index is 969. The van der Waals surface area contributed by atoms with Crippen LogP contribution in [0.4, 0.5) is 0 Å².